The van der Waals surface area contributed by atoms with Crippen LogP contribution in [0.5, 0.6) is 0 Å². The molecule has 1 fully saturated rings. The van der Waals surface area contributed by atoms with Crippen LogP contribution in [0.25, 0.3) is 0 Å². The summed E-state index contributed by atoms with van der Waals surface area (Å²) in [5, 5.41) is 6.81. The molecule has 1 aliphatic rings. The van der Waals surface area contributed by atoms with Gasteiger partial charge in [-0.15, -0.1) is 0 Å². The second-order valence-electron chi connectivity index (χ2n) is 8.99. The highest BCUT2D eigenvalue weighted by molar-refractivity contribution is 5.84. The quantitative estimate of drug-likeness (QED) is 0.540. The van der Waals surface area contributed by atoms with Crippen LogP contribution in [0.1, 0.15) is 42.7 Å². The maximum Gasteiger partial charge on any atom is 0.228 e. The lowest BCUT2D eigenvalue weighted by molar-refractivity contribution is -0.123. The minimum atomic E-state index is -0.188. The van der Waals surface area contributed by atoms with Gasteiger partial charge in [-0.1, -0.05) is 60.7 Å². The molecule has 4 rings (SSSR count). The van der Waals surface area contributed by atoms with E-state index < -0.39 is 0 Å². The van der Waals surface area contributed by atoms with Gasteiger partial charge < -0.3 is 15.5 Å². The predicted octanol–water partition coefficient (Wildman–Crippen LogP) is 4.41. The van der Waals surface area contributed by atoms with E-state index in [-0.39, 0.29) is 17.9 Å². The van der Waals surface area contributed by atoms with Crippen molar-refractivity contribution in [1.29, 1.82) is 0 Å². The van der Waals surface area contributed by atoms with E-state index in [2.05, 4.69) is 44.9 Å². The topological polar surface area (TPSA) is 70.2 Å². The van der Waals surface area contributed by atoms with Gasteiger partial charge in [0.2, 0.25) is 11.9 Å². The number of anilines is 2. The molecule has 2 aromatic carbocycles. The van der Waals surface area contributed by atoms with Crippen molar-refractivity contribution < 1.29 is 4.79 Å². The van der Waals surface area contributed by atoms with Crippen molar-refractivity contribution in [3.05, 3.63) is 84.1 Å². The van der Waals surface area contributed by atoms with E-state index in [1.54, 1.807) is 6.20 Å². The summed E-state index contributed by atoms with van der Waals surface area (Å²) in [6.07, 6.45) is 6.34. The standard InChI is InChI=1S/C27H33N5O/c1-32(2)25-17-18-28-27(31-25)30-23-15-13-22(14-16-23)29-26(33)24(21-11-7-4-8-12-21)19-20-9-5-3-6-10-20/h3-12,17-18,22-24H,13-16,19H2,1-2H3,(H,29,33)(H,28,30,31). The number of rotatable bonds is 8. The van der Waals surface area contributed by atoms with Crippen molar-refractivity contribution >= 4 is 17.7 Å². The first-order valence-corrected chi connectivity index (χ1v) is 11.7. The molecule has 1 amide bonds. The first kappa shape index (κ1) is 22.8. The molecule has 0 saturated heterocycles. The van der Waals surface area contributed by atoms with E-state index in [1.165, 1.54) is 5.56 Å². The van der Waals surface area contributed by atoms with Gasteiger partial charge in [0.15, 0.2) is 0 Å². The first-order chi connectivity index (χ1) is 16.1. The van der Waals surface area contributed by atoms with Crippen LogP contribution in [0.3, 0.4) is 0 Å². The third-order valence-electron chi connectivity index (χ3n) is 6.31. The molecule has 0 bridgehead atoms. The summed E-state index contributed by atoms with van der Waals surface area (Å²) in [5.74, 6) is 1.48. The lowest BCUT2D eigenvalue weighted by Crippen LogP contribution is -2.42. The third-order valence-corrected chi connectivity index (χ3v) is 6.31. The second-order valence-corrected chi connectivity index (χ2v) is 8.99. The maximum absolute atomic E-state index is 13.3. The summed E-state index contributed by atoms with van der Waals surface area (Å²) < 4.78 is 0. The van der Waals surface area contributed by atoms with Crippen molar-refractivity contribution in [1.82, 2.24) is 15.3 Å². The van der Waals surface area contributed by atoms with Crippen LogP contribution < -0.4 is 15.5 Å². The van der Waals surface area contributed by atoms with E-state index in [9.17, 15) is 4.79 Å². The van der Waals surface area contributed by atoms with E-state index in [0.717, 1.165) is 37.1 Å². The Hall–Kier alpha value is -3.41. The Labute approximate surface area is 196 Å². The second kappa shape index (κ2) is 10.9. The number of nitrogens with zero attached hydrogens (tertiary/aromatic N) is 3. The third kappa shape index (κ3) is 6.31. The van der Waals surface area contributed by atoms with Gasteiger partial charge in [-0.2, -0.15) is 4.98 Å². The average Bonchev–Trinajstić information content (AvgIpc) is 2.85. The highest BCUT2D eigenvalue weighted by Crippen LogP contribution is 2.25. The Bertz CT molecular complexity index is 1020. The van der Waals surface area contributed by atoms with Crippen molar-refractivity contribution in [2.24, 2.45) is 0 Å². The van der Waals surface area contributed by atoms with Crippen molar-refractivity contribution in [2.75, 3.05) is 24.3 Å². The lowest BCUT2D eigenvalue weighted by atomic mass is 9.88. The average molecular weight is 444 g/mol. The molecule has 1 aromatic heterocycles. The molecule has 6 heteroatoms. The SMILES string of the molecule is CN(C)c1ccnc(NC2CCC(NC(=O)C(Cc3ccccc3)c3ccccc3)CC2)n1. The number of carbonyl (C=O) groups excluding carboxylic acids is 1. The number of nitrogens with one attached hydrogen (secondary N) is 2. The molecule has 6 nitrogen and oxygen atoms in total. The largest absolute Gasteiger partial charge is 0.363 e. The molecule has 1 aliphatic carbocycles. The van der Waals surface area contributed by atoms with Crippen LogP contribution in [-0.4, -0.2) is 42.1 Å². The Balaban J connectivity index is 1.34. The van der Waals surface area contributed by atoms with Gasteiger partial charge in [0, 0.05) is 32.4 Å². The van der Waals surface area contributed by atoms with Gasteiger partial charge in [0.1, 0.15) is 5.82 Å². The van der Waals surface area contributed by atoms with E-state index in [1.807, 2.05) is 61.5 Å². The summed E-state index contributed by atoms with van der Waals surface area (Å²) in [6.45, 7) is 0. The molecular formula is C27H33N5O. The maximum atomic E-state index is 13.3. The fourth-order valence-electron chi connectivity index (χ4n) is 4.43. The zero-order chi connectivity index (χ0) is 23.0. The summed E-state index contributed by atoms with van der Waals surface area (Å²) in [5.41, 5.74) is 2.24. The van der Waals surface area contributed by atoms with E-state index in [4.69, 9.17) is 0 Å². The fourth-order valence-corrected chi connectivity index (χ4v) is 4.43. The molecule has 2 N–H and O–H groups in total. The van der Waals surface area contributed by atoms with Crippen LogP contribution in [0.4, 0.5) is 11.8 Å². The normalized spacial score (nSPS) is 18.8. The van der Waals surface area contributed by atoms with Crippen LogP contribution in [0.15, 0.2) is 72.9 Å². The number of carbonyl (C=O) groups is 1. The van der Waals surface area contributed by atoms with Gasteiger partial charge in [-0.05, 0) is 49.3 Å². The predicted molar refractivity (Wildman–Crippen MR) is 133 cm³/mol. The van der Waals surface area contributed by atoms with Crippen LogP contribution in [-0.2, 0) is 11.2 Å². The molecule has 1 atom stereocenters. The number of hydrogen-bond acceptors (Lipinski definition) is 5. The molecule has 1 saturated carbocycles. The Morgan fingerprint density at radius 1 is 0.939 bits per heavy atom. The smallest absolute Gasteiger partial charge is 0.228 e. The molecule has 172 valence electrons. The lowest BCUT2D eigenvalue weighted by Gasteiger charge is -2.31. The van der Waals surface area contributed by atoms with E-state index >= 15 is 0 Å². The summed E-state index contributed by atoms with van der Waals surface area (Å²) in [6, 6.07) is 22.8. The monoisotopic (exact) mass is 443 g/mol. The highest BCUT2D eigenvalue weighted by atomic mass is 16.1. The minimum absolute atomic E-state index is 0.114. The molecule has 33 heavy (non-hydrogen) atoms. The zero-order valence-electron chi connectivity index (χ0n) is 19.4. The fraction of sp³-hybridized carbons (Fsp3) is 0.370. The van der Waals surface area contributed by atoms with Crippen LogP contribution in [0.2, 0.25) is 0 Å². The molecular weight excluding hydrogens is 410 g/mol. The Kier molecular flexibility index (Phi) is 7.55. The summed E-state index contributed by atoms with van der Waals surface area (Å²) >= 11 is 0. The Morgan fingerprint density at radius 2 is 1.58 bits per heavy atom. The van der Waals surface area contributed by atoms with Crippen molar-refractivity contribution in [2.45, 2.75) is 50.1 Å². The molecule has 1 unspecified atom stereocenters. The molecule has 3 aromatic rings. The molecule has 0 aliphatic heterocycles. The van der Waals surface area contributed by atoms with Crippen molar-refractivity contribution in [3.8, 4) is 0 Å². The highest BCUT2D eigenvalue weighted by Gasteiger charge is 2.27. The molecule has 0 radical (unpaired) electrons. The number of benzene rings is 2. The van der Waals surface area contributed by atoms with Crippen molar-refractivity contribution in [3.63, 3.8) is 0 Å². The first-order valence-electron chi connectivity index (χ1n) is 11.7. The molecule has 0 spiro atoms. The number of hydrogen-bond donors (Lipinski definition) is 2. The van der Waals surface area contributed by atoms with Gasteiger partial charge >= 0.3 is 0 Å². The Morgan fingerprint density at radius 3 is 2.24 bits per heavy atom. The summed E-state index contributed by atoms with van der Waals surface area (Å²) in [7, 11) is 3.95. The van der Waals surface area contributed by atoms with Crippen LogP contribution in [0, 0.1) is 0 Å². The van der Waals surface area contributed by atoms with Crippen LogP contribution >= 0.6 is 0 Å². The summed E-state index contributed by atoms with van der Waals surface area (Å²) in [4.78, 5) is 24.2. The van der Waals surface area contributed by atoms with Gasteiger partial charge in [-0.25, -0.2) is 4.98 Å². The van der Waals surface area contributed by atoms with Gasteiger partial charge in [0.25, 0.3) is 0 Å². The van der Waals surface area contributed by atoms with Gasteiger partial charge in [0.05, 0.1) is 5.92 Å². The van der Waals surface area contributed by atoms with E-state index in [0.29, 0.717) is 18.4 Å². The van der Waals surface area contributed by atoms with Gasteiger partial charge in [-0.3, -0.25) is 4.79 Å². The number of amides is 1. The molecule has 1 heterocycles. The zero-order valence-corrected chi connectivity index (χ0v) is 19.4. The minimum Gasteiger partial charge on any atom is -0.363 e. The number of aromatic nitrogens is 2.